The highest BCUT2D eigenvalue weighted by molar-refractivity contribution is 5.63. The lowest BCUT2D eigenvalue weighted by atomic mass is 10.1. The van der Waals surface area contributed by atoms with Crippen molar-refractivity contribution >= 4 is 5.69 Å². The summed E-state index contributed by atoms with van der Waals surface area (Å²) in [6.07, 6.45) is -6.18. The molecular weight excluding hydrogens is 311 g/mol. The number of alkyl halides is 3. The topological polar surface area (TPSA) is 85.2 Å². The highest BCUT2D eigenvalue weighted by Crippen LogP contribution is 2.24. The number of hydrogen-bond donors (Lipinski definition) is 2. The molecule has 0 saturated heterocycles. The first-order valence-corrected chi connectivity index (χ1v) is 7.21. The Morgan fingerprint density at radius 3 is 2.70 bits per heavy atom. The summed E-state index contributed by atoms with van der Waals surface area (Å²) < 4.78 is 41.5. The zero-order valence-corrected chi connectivity index (χ0v) is 12.6. The Kier molecular flexibility index (Phi) is 5.25. The lowest BCUT2D eigenvalue weighted by Gasteiger charge is -2.13. The van der Waals surface area contributed by atoms with Crippen molar-refractivity contribution in [2.45, 2.75) is 44.9 Å². The van der Waals surface area contributed by atoms with Gasteiger partial charge in [0.15, 0.2) is 0 Å². The van der Waals surface area contributed by atoms with Gasteiger partial charge in [0, 0.05) is 17.7 Å². The van der Waals surface area contributed by atoms with E-state index in [4.69, 9.17) is 15.4 Å². The van der Waals surface area contributed by atoms with Crippen LogP contribution in [0.1, 0.15) is 30.7 Å². The Hall–Kier alpha value is -2.09. The van der Waals surface area contributed by atoms with Gasteiger partial charge in [-0.2, -0.15) is 18.2 Å². The second-order valence-electron chi connectivity index (χ2n) is 5.39. The van der Waals surface area contributed by atoms with Crippen LogP contribution in [0.4, 0.5) is 18.9 Å². The number of aliphatic hydroxyl groups is 1. The quantitative estimate of drug-likeness (QED) is 0.627. The molecule has 8 heteroatoms. The molecule has 1 atom stereocenters. The molecule has 0 aliphatic heterocycles. The van der Waals surface area contributed by atoms with Crippen LogP contribution >= 0.6 is 0 Å². The highest BCUT2D eigenvalue weighted by atomic mass is 19.4. The van der Waals surface area contributed by atoms with Gasteiger partial charge in [-0.3, -0.25) is 0 Å². The Bertz CT molecular complexity index is 656. The van der Waals surface area contributed by atoms with Gasteiger partial charge in [0.1, 0.15) is 6.10 Å². The van der Waals surface area contributed by atoms with Gasteiger partial charge in [-0.25, -0.2) is 0 Å². The standard InChI is InChI=1S/C15H18F3N3O2/c1-9-6-7-10(8-11(9)19)14-20-13(23-21-14)5-3-2-4-12(22)15(16,17)18/h6-8,12,22H,2-5,19H2,1H3. The molecule has 1 heterocycles. The number of halogens is 3. The van der Waals surface area contributed by atoms with E-state index in [1.165, 1.54) is 0 Å². The van der Waals surface area contributed by atoms with Crippen LogP contribution in [0.3, 0.4) is 0 Å². The monoisotopic (exact) mass is 329 g/mol. The maximum atomic E-state index is 12.2. The molecule has 0 spiro atoms. The summed E-state index contributed by atoms with van der Waals surface area (Å²) in [4.78, 5) is 4.20. The molecule has 3 N–H and O–H groups in total. The summed E-state index contributed by atoms with van der Waals surface area (Å²) in [5, 5.41) is 12.7. The largest absolute Gasteiger partial charge is 0.414 e. The average molecular weight is 329 g/mol. The third kappa shape index (κ3) is 4.69. The fourth-order valence-corrected chi connectivity index (χ4v) is 2.03. The van der Waals surface area contributed by atoms with Crippen LogP contribution in [0.15, 0.2) is 22.7 Å². The highest BCUT2D eigenvalue weighted by Gasteiger charge is 2.37. The number of nitrogens with zero attached hydrogens (tertiary/aromatic N) is 2. The molecule has 1 aromatic heterocycles. The zero-order chi connectivity index (χ0) is 17.0. The van der Waals surface area contributed by atoms with Gasteiger partial charge in [0.25, 0.3) is 0 Å². The van der Waals surface area contributed by atoms with Gasteiger partial charge in [-0.15, -0.1) is 0 Å². The van der Waals surface area contributed by atoms with Crippen molar-refractivity contribution in [1.29, 1.82) is 0 Å². The molecule has 0 bridgehead atoms. The number of anilines is 1. The SMILES string of the molecule is Cc1ccc(-c2noc(CCCCC(O)C(F)(F)F)n2)cc1N. The van der Waals surface area contributed by atoms with E-state index >= 15 is 0 Å². The van der Waals surface area contributed by atoms with Gasteiger partial charge in [0.05, 0.1) is 0 Å². The number of aromatic nitrogens is 2. The Labute approximate surface area is 131 Å². The van der Waals surface area contributed by atoms with Crippen LogP contribution in [0.25, 0.3) is 11.4 Å². The smallest absolute Gasteiger partial charge is 0.398 e. The van der Waals surface area contributed by atoms with Crippen molar-refractivity contribution in [3.05, 3.63) is 29.7 Å². The Balaban J connectivity index is 1.87. The molecule has 1 aromatic carbocycles. The number of nitrogen functional groups attached to an aromatic ring is 1. The second-order valence-corrected chi connectivity index (χ2v) is 5.39. The van der Waals surface area contributed by atoms with Gasteiger partial charge < -0.3 is 15.4 Å². The maximum Gasteiger partial charge on any atom is 0.414 e. The van der Waals surface area contributed by atoms with Crippen LogP contribution < -0.4 is 5.73 Å². The third-order valence-electron chi connectivity index (χ3n) is 3.50. The van der Waals surface area contributed by atoms with E-state index in [2.05, 4.69) is 10.1 Å². The second kappa shape index (κ2) is 6.99. The first-order chi connectivity index (χ1) is 10.8. The summed E-state index contributed by atoms with van der Waals surface area (Å²) in [6, 6.07) is 5.41. The molecule has 0 fully saturated rings. The molecule has 1 unspecified atom stereocenters. The van der Waals surface area contributed by atoms with Crippen molar-refractivity contribution in [3.8, 4) is 11.4 Å². The van der Waals surface area contributed by atoms with Crippen molar-refractivity contribution in [2.24, 2.45) is 0 Å². The Morgan fingerprint density at radius 1 is 1.30 bits per heavy atom. The molecule has 2 rings (SSSR count). The Morgan fingerprint density at radius 2 is 2.04 bits per heavy atom. The summed E-state index contributed by atoms with van der Waals surface area (Å²) >= 11 is 0. The predicted molar refractivity (Wildman–Crippen MR) is 78.5 cm³/mol. The minimum absolute atomic E-state index is 0.218. The van der Waals surface area contributed by atoms with Crippen molar-refractivity contribution in [3.63, 3.8) is 0 Å². The third-order valence-corrected chi connectivity index (χ3v) is 3.50. The zero-order valence-electron chi connectivity index (χ0n) is 12.6. The van der Waals surface area contributed by atoms with Crippen LogP contribution in [-0.4, -0.2) is 27.5 Å². The van der Waals surface area contributed by atoms with Crippen molar-refractivity contribution < 1.29 is 22.8 Å². The molecule has 0 radical (unpaired) electrons. The number of nitrogens with two attached hydrogens (primary N) is 1. The number of unbranched alkanes of at least 4 members (excludes halogenated alkanes) is 1. The number of aliphatic hydroxyl groups excluding tert-OH is 1. The molecule has 0 amide bonds. The number of rotatable bonds is 6. The van der Waals surface area contributed by atoms with E-state index in [9.17, 15) is 13.2 Å². The van der Waals surface area contributed by atoms with Gasteiger partial charge in [-0.1, -0.05) is 23.7 Å². The van der Waals surface area contributed by atoms with E-state index in [-0.39, 0.29) is 12.8 Å². The number of aryl methyl sites for hydroxylation is 2. The summed E-state index contributed by atoms with van der Waals surface area (Å²) in [5.41, 5.74) is 8.11. The number of hydrogen-bond acceptors (Lipinski definition) is 5. The van der Waals surface area contributed by atoms with E-state index in [0.29, 0.717) is 30.2 Å². The number of benzene rings is 1. The van der Waals surface area contributed by atoms with Gasteiger partial charge in [0.2, 0.25) is 11.7 Å². The van der Waals surface area contributed by atoms with Crippen molar-refractivity contribution in [1.82, 2.24) is 10.1 Å². The van der Waals surface area contributed by atoms with E-state index in [1.54, 1.807) is 6.07 Å². The lowest BCUT2D eigenvalue weighted by molar-refractivity contribution is -0.205. The molecule has 5 nitrogen and oxygen atoms in total. The first kappa shape index (κ1) is 17.3. The van der Waals surface area contributed by atoms with E-state index in [0.717, 1.165) is 11.1 Å². The van der Waals surface area contributed by atoms with Crippen LogP contribution in [0.5, 0.6) is 0 Å². The minimum Gasteiger partial charge on any atom is -0.398 e. The van der Waals surface area contributed by atoms with Gasteiger partial charge >= 0.3 is 6.18 Å². The summed E-state index contributed by atoms with van der Waals surface area (Å²) in [5.74, 6) is 0.739. The van der Waals surface area contributed by atoms with Crippen LogP contribution in [-0.2, 0) is 6.42 Å². The molecular formula is C15H18F3N3O2. The van der Waals surface area contributed by atoms with Crippen LogP contribution in [0.2, 0.25) is 0 Å². The fraction of sp³-hybridized carbons (Fsp3) is 0.467. The van der Waals surface area contributed by atoms with Gasteiger partial charge in [-0.05, 0) is 31.4 Å². The normalized spacial score (nSPS) is 13.3. The average Bonchev–Trinajstić information content (AvgIpc) is 2.94. The lowest BCUT2D eigenvalue weighted by Crippen LogP contribution is -2.28. The summed E-state index contributed by atoms with van der Waals surface area (Å²) in [6.45, 7) is 1.89. The molecule has 0 saturated carbocycles. The predicted octanol–water partition coefficient (Wildman–Crippen LogP) is 3.26. The van der Waals surface area contributed by atoms with Crippen LogP contribution in [0, 0.1) is 6.92 Å². The molecule has 23 heavy (non-hydrogen) atoms. The van der Waals surface area contributed by atoms with E-state index < -0.39 is 12.3 Å². The first-order valence-electron chi connectivity index (χ1n) is 7.21. The fourth-order valence-electron chi connectivity index (χ4n) is 2.03. The molecule has 2 aromatic rings. The van der Waals surface area contributed by atoms with Crippen molar-refractivity contribution in [2.75, 3.05) is 5.73 Å². The molecule has 0 aliphatic rings. The van der Waals surface area contributed by atoms with E-state index in [1.807, 2.05) is 19.1 Å². The minimum atomic E-state index is -4.57. The molecule has 0 aliphatic carbocycles. The summed E-state index contributed by atoms with van der Waals surface area (Å²) in [7, 11) is 0. The molecule has 126 valence electrons. The maximum absolute atomic E-state index is 12.2.